The smallest absolute Gasteiger partial charge is 0.224 e. The van der Waals surface area contributed by atoms with Gasteiger partial charge in [-0.05, 0) is 5.41 Å². The van der Waals surface area contributed by atoms with Crippen molar-refractivity contribution in [2.24, 2.45) is 5.41 Å². The number of rotatable bonds is 3. The van der Waals surface area contributed by atoms with Crippen LogP contribution in [0.5, 0.6) is 5.75 Å². The van der Waals surface area contributed by atoms with Crippen LogP contribution in [0.15, 0.2) is 12.1 Å². The highest BCUT2D eigenvalue weighted by Crippen LogP contribution is 2.33. The molecule has 0 aliphatic carbocycles. The van der Waals surface area contributed by atoms with Crippen LogP contribution in [0.1, 0.15) is 52.0 Å². The van der Waals surface area contributed by atoms with Gasteiger partial charge < -0.3 is 9.64 Å². The van der Waals surface area contributed by atoms with E-state index in [-0.39, 0.29) is 36.7 Å². The Hall–Kier alpha value is -2.16. The number of hydrogen-bond acceptors (Lipinski definition) is 3. The number of methoxy groups -OCH3 is 1. The summed E-state index contributed by atoms with van der Waals surface area (Å²) in [6.07, 6.45) is 1.29. The maximum Gasteiger partial charge on any atom is 0.224 e. The molecular formula is C19H26F2N2O2. The maximum absolute atomic E-state index is 13.9. The molecule has 0 spiro atoms. The molecule has 1 aromatic carbocycles. The number of carbonyl (C=O) groups is 1. The van der Waals surface area contributed by atoms with Gasteiger partial charge in [-0.2, -0.15) is 5.26 Å². The van der Waals surface area contributed by atoms with Crippen molar-refractivity contribution >= 4 is 5.91 Å². The van der Waals surface area contributed by atoms with Crippen molar-refractivity contribution in [2.75, 3.05) is 20.2 Å². The summed E-state index contributed by atoms with van der Waals surface area (Å²) in [4.78, 5) is 12.9. The molecule has 1 fully saturated rings. The lowest BCUT2D eigenvalue weighted by Gasteiger charge is -2.14. The van der Waals surface area contributed by atoms with Gasteiger partial charge in [0.15, 0.2) is 0 Å². The zero-order valence-electron chi connectivity index (χ0n) is 15.5. The van der Waals surface area contributed by atoms with Gasteiger partial charge in [-0.15, -0.1) is 0 Å². The van der Waals surface area contributed by atoms with Crippen LogP contribution in [0, 0.1) is 28.4 Å². The number of likely N-dealkylation sites (tertiary alicyclic amines) is 1. The van der Waals surface area contributed by atoms with Crippen LogP contribution in [-0.4, -0.2) is 31.0 Å². The standard InChI is InChI=1S/C13H12F2N2O2.C6H14/c1-19-9-5-10(14)13(11(15)6-9)8-4-12(18)17(7-8)3-2-16;1-5-6(2,3)4/h5-6,8H,3-4,7H2,1H3;5H2,1-4H3. The molecule has 4 nitrogen and oxygen atoms in total. The first-order valence-corrected chi connectivity index (χ1v) is 8.30. The van der Waals surface area contributed by atoms with Gasteiger partial charge in [0, 0.05) is 36.6 Å². The summed E-state index contributed by atoms with van der Waals surface area (Å²) < 4.78 is 32.5. The normalized spacial score (nSPS) is 17.0. The first kappa shape index (κ1) is 20.9. The van der Waals surface area contributed by atoms with Crippen molar-refractivity contribution in [2.45, 2.75) is 46.5 Å². The Balaban J connectivity index is 0.000000450. The molecule has 0 radical (unpaired) electrons. The van der Waals surface area contributed by atoms with Crippen LogP contribution in [-0.2, 0) is 4.79 Å². The van der Waals surface area contributed by atoms with Gasteiger partial charge in [-0.25, -0.2) is 8.78 Å². The largest absolute Gasteiger partial charge is 0.497 e. The number of nitriles is 1. The lowest BCUT2D eigenvalue weighted by atomic mass is 9.94. The van der Waals surface area contributed by atoms with Gasteiger partial charge in [0.2, 0.25) is 5.91 Å². The Labute approximate surface area is 148 Å². The van der Waals surface area contributed by atoms with Gasteiger partial charge in [0.05, 0.1) is 13.2 Å². The van der Waals surface area contributed by atoms with E-state index in [1.807, 2.05) is 6.07 Å². The highest BCUT2D eigenvalue weighted by Gasteiger charge is 2.34. The zero-order valence-corrected chi connectivity index (χ0v) is 15.5. The number of nitrogens with zero attached hydrogens (tertiary/aromatic N) is 2. The second kappa shape index (κ2) is 8.80. The van der Waals surface area contributed by atoms with Crippen molar-refractivity contribution in [3.8, 4) is 11.8 Å². The minimum absolute atomic E-state index is 0.0157. The molecule has 1 atom stereocenters. The Morgan fingerprint density at radius 2 is 1.84 bits per heavy atom. The number of ether oxygens (including phenoxy) is 1. The summed E-state index contributed by atoms with van der Waals surface area (Å²) in [6.45, 7) is 9.04. The third-order valence-corrected chi connectivity index (χ3v) is 4.23. The van der Waals surface area contributed by atoms with Crippen molar-refractivity contribution in [1.29, 1.82) is 5.26 Å². The molecule has 1 heterocycles. The Bertz CT molecular complexity index is 625. The number of amides is 1. The Morgan fingerprint density at radius 3 is 2.24 bits per heavy atom. The summed E-state index contributed by atoms with van der Waals surface area (Å²) in [6, 6.07) is 4.04. The fourth-order valence-electron chi connectivity index (χ4n) is 2.27. The van der Waals surface area contributed by atoms with Gasteiger partial charge in [0.25, 0.3) is 0 Å². The lowest BCUT2D eigenvalue weighted by Crippen LogP contribution is -2.25. The first-order chi connectivity index (χ1) is 11.6. The SMILES string of the molecule is CCC(C)(C)C.COc1cc(F)c(C2CC(=O)N(CC#N)C2)c(F)c1. The molecule has 0 aromatic heterocycles. The molecule has 0 bridgehead atoms. The minimum atomic E-state index is -0.728. The maximum atomic E-state index is 13.9. The van der Waals surface area contributed by atoms with E-state index in [1.165, 1.54) is 18.4 Å². The molecule has 1 aliphatic heterocycles. The van der Waals surface area contributed by atoms with Crippen molar-refractivity contribution in [1.82, 2.24) is 4.90 Å². The molecule has 25 heavy (non-hydrogen) atoms. The van der Waals surface area contributed by atoms with E-state index in [0.717, 1.165) is 12.1 Å². The molecule has 1 aromatic rings. The lowest BCUT2D eigenvalue weighted by molar-refractivity contribution is -0.127. The van der Waals surface area contributed by atoms with E-state index in [0.29, 0.717) is 5.41 Å². The highest BCUT2D eigenvalue weighted by atomic mass is 19.1. The van der Waals surface area contributed by atoms with Gasteiger partial charge in [-0.3, -0.25) is 4.79 Å². The van der Waals surface area contributed by atoms with E-state index < -0.39 is 17.6 Å². The number of benzene rings is 1. The summed E-state index contributed by atoms with van der Waals surface area (Å²) >= 11 is 0. The minimum Gasteiger partial charge on any atom is -0.497 e. The Morgan fingerprint density at radius 1 is 1.32 bits per heavy atom. The highest BCUT2D eigenvalue weighted by molar-refractivity contribution is 5.80. The average Bonchev–Trinajstić information content (AvgIpc) is 2.87. The van der Waals surface area contributed by atoms with Crippen molar-refractivity contribution in [3.63, 3.8) is 0 Å². The van der Waals surface area contributed by atoms with Crippen LogP contribution in [0.2, 0.25) is 0 Å². The quantitative estimate of drug-likeness (QED) is 0.764. The van der Waals surface area contributed by atoms with E-state index >= 15 is 0 Å². The predicted molar refractivity (Wildman–Crippen MR) is 92.2 cm³/mol. The molecule has 6 heteroatoms. The van der Waals surface area contributed by atoms with E-state index in [2.05, 4.69) is 27.7 Å². The Kier molecular flexibility index (Phi) is 7.35. The predicted octanol–water partition coefficient (Wildman–Crippen LogP) is 4.26. The van der Waals surface area contributed by atoms with Crippen molar-refractivity contribution < 1.29 is 18.3 Å². The fourth-order valence-corrected chi connectivity index (χ4v) is 2.27. The van der Waals surface area contributed by atoms with E-state index in [1.54, 1.807) is 0 Å². The van der Waals surface area contributed by atoms with Gasteiger partial charge >= 0.3 is 0 Å². The number of halogens is 2. The summed E-state index contributed by atoms with van der Waals surface area (Å²) in [7, 11) is 1.32. The molecule has 1 unspecified atom stereocenters. The fraction of sp³-hybridized carbons (Fsp3) is 0.579. The van der Waals surface area contributed by atoms with Crippen LogP contribution < -0.4 is 4.74 Å². The summed E-state index contributed by atoms with van der Waals surface area (Å²) in [5.74, 6) is -2.19. The van der Waals surface area contributed by atoms with Crippen LogP contribution in [0.4, 0.5) is 8.78 Å². The van der Waals surface area contributed by atoms with Crippen LogP contribution in [0.3, 0.4) is 0 Å². The van der Waals surface area contributed by atoms with E-state index in [4.69, 9.17) is 10.00 Å². The van der Waals surface area contributed by atoms with Crippen molar-refractivity contribution in [3.05, 3.63) is 29.3 Å². The average molecular weight is 352 g/mol. The second-order valence-electron chi connectivity index (χ2n) is 7.25. The molecule has 2 rings (SSSR count). The van der Waals surface area contributed by atoms with Crippen LogP contribution in [0.25, 0.3) is 0 Å². The zero-order chi connectivity index (χ0) is 19.2. The number of hydrogen-bond donors (Lipinski definition) is 0. The van der Waals surface area contributed by atoms with Gasteiger partial charge in [0.1, 0.15) is 23.9 Å². The third-order valence-electron chi connectivity index (χ3n) is 4.23. The first-order valence-electron chi connectivity index (χ1n) is 8.30. The van der Waals surface area contributed by atoms with E-state index in [9.17, 15) is 13.6 Å². The second-order valence-corrected chi connectivity index (χ2v) is 7.25. The molecule has 0 N–H and O–H groups in total. The van der Waals surface area contributed by atoms with Gasteiger partial charge in [-0.1, -0.05) is 34.1 Å². The molecule has 1 aliphatic rings. The molecule has 138 valence electrons. The number of carbonyl (C=O) groups excluding carboxylic acids is 1. The molecule has 1 amide bonds. The topological polar surface area (TPSA) is 53.3 Å². The molecular weight excluding hydrogens is 326 g/mol. The monoisotopic (exact) mass is 352 g/mol. The molecule has 0 saturated carbocycles. The summed E-state index contributed by atoms with van der Waals surface area (Å²) in [5.41, 5.74) is 0.426. The summed E-state index contributed by atoms with van der Waals surface area (Å²) in [5, 5.41) is 8.57. The van der Waals surface area contributed by atoms with Crippen LogP contribution >= 0.6 is 0 Å². The third kappa shape index (κ3) is 6.00. The molecule has 1 saturated heterocycles.